The number of amides is 1. The van der Waals surface area contributed by atoms with Crippen molar-refractivity contribution in [2.75, 3.05) is 0 Å². The summed E-state index contributed by atoms with van der Waals surface area (Å²) < 4.78 is 23.8. The van der Waals surface area contributed by atoms with Crippen LogP contribution in [0.25, 0.3) is 0 Å². The Morgan fingerprint density at radius 2 is 1.72 bits per heavy atom. The second kappa shape index (κ2) is 7.66. The van der Waals surface area contributed by atoms with Gasteiger partial charge in [-0.2, -0.15) is 4.99 Å². The highest BCUT2D eigenvalue weighted by Crippen LogP contribution is 2.33. The Kier molecular flexibility index (Phi) is 5.80. The highest BCUT2D eigenvalue weighted by Gasteiger charge is 2.18. The van der Waals surface area contributed by atoms with Crippen LogP contribution < -0.4 is 22.3 Å². The third-order valence-corrected chi connectivity index (χ3v) is 5.28. The SMILES string of the molecule is NCc1ccc(Sc2ccc(C(=O)N=C(N)N)cc2S(N)(=O)=O)cc1. The van der Waals surface area contributed by atoms with E-state index in [4.69, 9.17) is 22.3 Å². The van der Waals surface area contributed by atoms with Crippen molar-refractivity contribution < 1.29 is 13.2 Å². The Morgan fingerprint density at radius 1 is 1.08 bits per heavy atom. The fourth-order valence-corrected chi connectivity index (χ4v) is 3.88. The summed E-state index contributed by atoms with van der Waals surface area (Å²) in [5.41, 5.74) is 16.8. The van der Waals surface area contributed by atoms with E-state index in [1.807, 2.05) is 24.3 Å². The predicted octanol–water partition coefficient (Wildman–Crippen LogP) is 0.358. The van der Waals surface area contributed by atoms with Crippen molar-refractivity contribution in [2.24, 2.45) is 27.3 Å². The van der Waals surface area contributed by atoms with Gasteiger partial charge in [0.15, 0.2) is 5.96 Å². The van der Waals surface area contributed by atoms with E-state index in [0.29, 0.717) is 11.4 Å². The smallest absolute Gasteiger partial charge is 0.280 e. The molecule has 2 aromatic carbocycles. The molecule has 0 heterocycles. The summed E-state index contributed by atoms with van der Waals surface area (Å²) in [5.74, 6) is -1.17. The zero-order valence-corrected chi connectivity index (χ0v) is 14.7. The first kappa shape index (κ1) is 18.9. The predicted molar refractivity (Wildman–Crippen MR) is 96.4 cm³/mol. The minimum absolute atomic E-state index is 0.0141. The molecule has 0 aliphatic carbocycles. The number of carbonyl (C=O) groups excluding carboxylic acids is 1. The molecule has 0 bridgehead atoms. The van der Waals surface area contributed by atoms with Gasteiger partial charge in [-0.05, 0) is 35.9 Å². The van der Waals surface area contributed by atoms with Crippen LogP contribution in [0, 0.1) is 0 Å². The Labute approximate surface area is 149 Å². The summed E-state index contributed by atoms with van der Waals surface area (Å²) in [6.45, 7) is 0.412. The van der Waals surface area contributed by atoms with Gasteiger partial charge < -0.3 is 17.2 Å². The molecule has 1 amide bonds. The number of sulfonamides is 1. The van der Waals surface area contributed by atoms with Crippen molar-refractivity contribution in [2.45, 2.75) is 21.2 Å². The molecule has 0 aliphatic rings. The van der Waals surface area contributed by atoms with Crippen molar-refractivity contribution in [3.05, 3.63) is 53.6 Å². The second-order valence-corrected chi connectivity index (χ2v) is 7.64. The van der Waals surface area contributed by atoms with Crippen molar-refractivity contribution >= 4 is 33.7 Å². The van der Waals surface area contributed by atoms with Crippen molar-refractivity contribution in [3.63, 3.8) is 0 Å². The largest absolute Gasteiger partial charge is 0.370 e. The highest BCUT2D eigenvalue weighted by atomic mass is 32.2. The average molecular weight is 379 g/mol. The van der Waals surface area contributed by atoms with Crippen LogP contribution in [0.15, 0.2) is 62.1 Å². The molecule has 2 rings (SSSR count). The molecule has 10 heteroatoms. The fourth-order valence-electron chi connectivity index (χ4n) is 1.95. The lowest BCUT2D eigenvalue weighted by atomic mass is 10.2. The number of hydrogen-bond donors (Lipinski definition) is 4. The quantitative estimate of drug-likeness (QED) is 0.429. The van der Waals surface area contributed by atoms with Crippen LogP contribution in [0.3, 0.4) is 0 Å². The molecule has 0 unspecified atom stereocenters. The monoisotopic (exact) mass is 379 g/mol. The van der Waals surface area contributed by atoms with Crippen LogP contribution >= 0.6 is 11.8 Å². The van der Waals surface area contributed by atoms with Crippen LogP contribution in [-0.2, 0) is 16.6 Å². The van der Waals surface area contributed by atoms with E-state index in [0.717, 1.165) is 16.5 Å². The Balaban J connectivity index is 2.43. The maximum atomic E-state index is 11.9. The van der Waals surface area contributed by atoms with Gasteiger partial charge in [0, 0.05) is 21.9 Å². The molecular weight excluding hydrogens is 362 g/mol. The van der Waals surface area contributed by atoms with E-state index in [2.05, 4.69) is 4.99 Å². The summed E-state index contributed by atoms with van der Waals surface area (Å²) >= 11 is 1.20. The first-order chi connectivity index (χ1) is 11.7. The maximum Gasteiger partial charge on any atom is 0.280 e. The summed E-state index contributed by atoms with van der Waals surface area (Å²) in [7, 11) is -4.05. The van der Waals surface area contributed by atoms with Gasteiger partial charge in [-0.3, -0.25) is 4.79 Å². The van der Waals surface area contributed by atoms with Gasteiger partial charge in [0.25, 0.3) is 5.91 Å². The third kappa shape index (κ3) is 5.03. The Bertz CT molecular complexity index is 921. The molecule has 132 valence electrons. The molecule has 2 aromatic rings. The normalized spacial score (nSPS) is 11.1. The van der Waals surface area contributed by atoms with Crippen LogP contribution in [0.4, 0.5) is 0 Å². The first-order valence-electron chi connectivity index (χ1n) is 6.98. The molecular formula is C15H17N5O3S2. The maximum absolute atomic E-state index is 11.9. The van der Waals surface area contributed by atoms with Gasteiger partial charge in [0.1, 0.15) is 0 Å². The molecule has 0 saturated carbocycles. The van der Waals surface area contributed by atoms with Crippen LogP contribution in [0.5, 0.6) is 0 Å². The van der Waals surface area contributed by atoms with E-state index < -0.39 is 21.9 Å². The number of aliphatic imine (C=N–C) groups is 1. The average Bonchev–Trinajstić information content (AvgIpc) is 2.54. The van der Waals surface area contributed by atoms with Gasteiger partial charge in [-0.25, -0.2) is 13.6 Å². The van der Waals surface area contributed by atoms with Gasteiger partial charge in [0.2, 0.25) is 10.0 Å². The first-order valence-corrected chi connectivity index (χ1v) is 9.34. The number of benzene rings is 2. The number of hydrogen-bond acceptors (Lipinski definition) is 5. The lowest BCUT2D eigenvalue weighted by molar-refractivity contribution is 0.100. The number of nitrogens with two attached hydrogens (primary N) is 4. The molecule has 0 spiro atoms. The summed E-state index contributed by atoms with van der Waals surface area (Å²) in [6.07, 6.45) is 0. The van der Waals surface area contributed by atoms with Gasteiger partial charge in [-0.15, -0.1) is 0 Å². The molecule has 0 radical (unpaired) electrons. The number of nitrogens with zero attached hydrogens (tertiary/aromatic N) is 1. The van der Waals surface area contributed by atoms with Crippen LogP contribution in [-0.4, -0.2) is 20.3 Å². The lowest BCUT2D eigenvalue weighted by Gasteiger charge is -2.09. The van der Waals surface area contributed by atoms with E-state index in [1.54, 1.807) is 0 Å². The zero-order valence-electron chi connectivity index (χ0n) is 13.0. The molecule has 0 aromatic heterocycles. The molecule has 0 fully saturated rings. The van der Waals surface area contributed by atoms with Gasteiger partial charge in [0.05, 0.1) is 4.90 Å². The van der Waals surface area contributed by atoms with E-state index >= 15 is 0 Å². The van der Waals surface area contributed by atoms with Gasteiger partial charge >= 0.3 is 0 Å². The van der Waals surface area contributed by atoms with E-state index in [-0.39, 0.29) is 10.5 Å². The summed E-state index contributed by atoms with van der Waals surface area (Å²) in [6, 6.07) is 11.4. The van der Waals surface area contributed by atoms with Crippen LogP contribution in [0.2, 0.25) is 0 Å². The molecule has 8 nitrogen and oxygen atoms in total. The van der Waals surface area contributed by atoms with E-state index in [9.17, 15) is 13.2 Å². The van der Waals surface area contributed by atoms with Gasteiger partial charge in [-0.1, -0.05) is 23.9 Å². The highest BCUT2D eigenvalue weighted by molar-refractivity contribution is 8.00. The second-order valence-electron chi connectivity index (χ2n) is 5.00. The third-order valence-electron chi connectivity index (χ3n) is 3.11. The zero-order chi connectivity index (χ0) is 18.6. The number of guanidine groups is 1. The number of carbonyl (C=O) groups is 1. The minimum atomic E-state index is -4.05. The molecule has 0 saturated heterocycles. The number of primary sulfonamides is 1. The Morgan fingerprint density at radius 3 is 2.24 bits per heavy atom. The van der Waals surface area contributed by atoms with Crippen molar-refractivity contribution in [3.8, 4) is 0 Å². The molecule has 8 N–H and O–H groups in total. The standard InChI is InChI=1S/C15H17N5O3S2/c16-8-9-1-4-11(5-2-9)24-12-6-3-10(14(21)20-15(17)18)7-13(12)25(19,22)23/h1-7H,8,16H2,(H2,19,22,23)(H4,17,18,20,21). The summed E-state index contributed by atoms with van der Waals surface area (Å²) in [5, 5.41) is 5.27. The lowest BCUT2D eigenvalue weighted by Crippen LogP contribution is -2.24. The Hall–Kier alpha value is -2.40. The fraction of sp³-hybridized carbons (Fsp3) is 0.0667. The molecule has 0 aliphatic heterocycles. The topological polar surface area (TPSA) is 168 Å². The number of rotatable bonds is 5. The van der Waals surface area contributed by atoms with E-state index in [1.165, 1.54) is 23.9 Å². The minimum Gasteiger partial charge on any atom is -0.370 e. The van der Waals surface area contributed by atoms with Crippen molar-refractivity contribution in [1.29, 1.82) is 0 Å². The van der Waals surface area contributed by atoms with Crippen LogP contribution in [0.1, 0.15) is 15.9 Å². The molecule has 0 atom stereocenters. The summed E-state index contributed by atoms with van der Waals surface area (Å²) in [4.78, 5) is 16.2. The molecule has 25 heavy (non-hydrogen) atoms. The van der Waals surface area contributed by atoms with Crippen molar-refractivity contribution in [1.82, 2.24) is 0 Å².